The lowest BCUT2D eigenvalue weighted by Crippen LogP contribution is -2.44. The Morgan fingerprint density at radius 1 is 1.35 bits per heavy atom. The Labute approximate surface area is 105 Å². The van der Waals surface area contributed by atoms with Gasteiger partial charge in [-0.25, -0.2) is 8.42 Å². The summed E-state index contributed by atoms with van der Waals surface area (Å²) in [6.07, 6.45) is 5.38. The highest BCUT2D eigenvalue weighted by molar-refractivity contribution is 7.89. The van der Waals surface area contributed by atoms with Gasteiger partial charge in [0.1, 0.15) is 0 Å². The molecule has 0 spiro atoms. The minimum atomic E-state index is -3.10. The van der Waals surface area contributed by atoms with Gasteiger partial charge in [-0.2, -0.15) is 4.31 Å². The van der Waals surface area contributed by atoms with Crippen molar-refractivity contribution in [2.75, 3.05) is 13.1 Å². The van der Waals surface area contributed by atoms with Crippen molar-refractivity contribution in [2.24, 2.45) is 0 Å². The molecule has 100 valence electrons. The van der Waals surface area contributed by atoms with Crippen LogP contribution in [0.15, 0.2) is 0 Å². The maximum Gasteiger partial charge on any atom is 0.218 e. The zero-order valence-corrected chi connectivity index (χ0v) is 11.7. The van der Waals surface area contributed by atoms with Crippen molar-refractivity contribution in [3.8, 4) is 0 Å². The first-order valence-corrected chi connectivity index (χ1v) is 8.30. The van der Waals surface area contributed by atoms with Gasteiger partial charge in [0.15, 0.2) is 0 Å². The average Bonchev–Trinajstić information content (AvgIpc) is 3.00. The molecule has 0 radical (unpaired) electrons. The molecule has 2 aliphatic rings. The SMILES string of the molecule is CCC1CCCN1S(=O)(=O)C(C)CNC1CC1. The first kappa shape index (κ1) is 13.3. The van der Waals surface area contributed by atoms with Gasteiger partial charge >= 0.3 is 0 Å². The zero-order valence-electron chi connectivity index (χ0n) is 10.9. The molecule has 0 aromatic carbocycles. The summed E-state index contributed by atoms with van der Waals surface area (Å²) >= 11 is 0. The van der Waals surface area contributed by atoms with Crippen molar-refractivity contribution < 1.29 is 8.42 Å². The van der Waals surface area contributed by atoms with Gasteiger partial charge in [-0.1, -0.05) is 6.92 Å². The van der Waals surface area contributed by atoms with E-state index < -0.39 is 10.0 Å². The lowest BCUT2D eigenvalue weighted by molar-refractivity contribution is 0.373. The molecule has 2 atom stereocenters. The smallest absolute Gasteiger partial charge is 0.218 e. The standard InChI is InChI=1S/C12H24N2O2S/c1-3-12-5-4-8-14(12)17(15,16)10(2)9-13-11-6-7-11/h10-13H,3-9H2,1-2H3. The van der Waals surface area contributed by atoms with Crippen LogP contribution < -0.4 is 5.32 Å². The van der Waals surface area contributed by atoms with Gasteiger partial charge in [-0.05, 0) is 39.0 Å². The summed E-state index contributed by atoms with van der Waals surface area (Å²) in [6.45, 7) is 5.22. The Morgan fingerprint density at radius 3 is 2.65 bits per heavy atom. The summed E-state index contributed by atoms with van der Waals surface area (Å²) in [5.74, 6) is 0. The second-order valence-electron chi connectivity index (χ2n) is 5.35. The second kappa shape index (κ2) is 5.24. The molecule has 0 amide bonds. The van der Waals surface area contributed by atoms with Crippen LogP contribution in [0.1, 0.15) is 46.0 Å². The van der Waals surface area contributed by atoms with Crippen LogP contribution in [0, 0.1) is 0 Å². The van der Waals surface area contributed by atoms with Crippen LogP contribution in [0.4, 0.5) is 0 Å². The molecule has 1 saturated carbocycles. The van der Waals surface area contributed by atoms with E-state index in [2.05, 4.69) is 12.2 Å². The first-order chi connectivity index (χ1) is 8.05. The molecular weight excluding hydrogens is 236 g/mol. The van der Waals surface area contributed by atoms with Gasteiger partial charge < -0.3 is 5.32 Å². The van der Waals surface area contributed by atoms with Crippen LogP contribution in [-0.4, -0.2) is 43.1 Å². The predicted octanol–water partition coefficient (Wildman–Crippen LogP) is 1.33. The number of sulfonamides is 1. The highest BCUT2D eigenvalue weighted by Gasteiger charge is 2.36. The quantitative estimate of drug-likeness (QED) is 0.784. The summed E-state index contributed by atoms with van der Waals surface area (Å²) in [6, 6.07) is 0.816. The Kier molecular flexibility index (Phi) is 4.10. The Hall–Kier alpha value is -0.130. The molecule has 1 N–H and O–H groups in total. The molecule has 1 heterocycles. The van der Waals surface area contributed by atoms with Crippen LogP contribution >= 0.6 is 0 Å². The summed E-state index contributed by atoms with van der Waals surface area (Å²) in [7, 11) is -3.10. The maximum absolute atomic E-state index is 12.4. The van der Waals surface area contributed by atoms with Crippen LogP contribution in [0.25, 0.3) is 0 Å². The van der Waals surface area contributed by atoms with E-state index in [0.717, 1.165) is 19.3 Å². The van der Waals surface area contributed by atoms with E-state index in [0.29, 0.717) is 19.1 Å². The normalized spacial score (nSPS) is 28.5. The van der Waals surface area contributed by atoms with Gasteiger partial charge in [-0.15, -0.1) is 0 Å². The van der Waals surface area contributed by atoms with Crippen LogP contribution in [-0.2, 0) is 10.0 Å². The van der Waals surface area contributed by atoms with E-state index in [1.807, 2.05) is 6.92 Å². The molecule has 1 aliphatic carbocycles. The van der Waals surface area contributed by atoms with Gasteiger partial charge in [0.2, 0.25) is 10.0 Å². The van der Waals surface area contributed by atoms with Crippen molar-refractivity contribution in [2.45, 2.75) is 63.3 Å². The molecule has 4 nitrogen and oxygen atoms in total. The van der Waals surface area contributed by atoms with Gasteiger partial charge in [-0.3, -0.25) is 0 Å². The predicted molar refractivity (Wildman–Crippen MR) is 69.4 cm³/mol. The molecule has 17 heavy (non-hydrogen) atoms. The third-order valence-corrected chi connectivity index (χ3v) is 6.22. The Balaban J connectivity index is 1.95. The molecule has 5 heteroatoms. The number of hydrogen-bond acceptors (Lipinski definition) is 3. The second-order valence-corrected chi connectivity index (χ2v) is 7.66. The van der Waals surface area contributed by atoms with Gasteiger partial charge in [0.25, 0.3) is 0 Å². The molecular formula is C12H24N2O2S. The van der Waals surface area contributed by atoms with E-state index in [1.165, 1.54) is 12.8 Å². The lowest BCUT2D eigenvalue weighted by Gasteiger charge is -2.26. The number of rotatable bonds is 6. The third-order valence-electron chi connectivity index (χ3n) is 3.90. The molecule has 0 aromatic rings. The summed E-state index contributed by atoms with van der Waals surface area (Å²) in [4.78, 5) is 0. The molecule has 1 aliphatic heterocycles. The number of nitrogens with one attached hydrogen (secondary N) is 1. The first-order valence-electron chi connectivity index (χ1n) is 6.79. The molecule has 2 rings (SSSR count). The average molecular weight is 260 g/mol. The topological polar surface area (TPSA) is 49.4 Å². The summed E-state index contributed by atoms with van der Waals surface area (Å²) in [5, 5.41) is 3.02. The largest absolute Gasteiger partial charge is 0.313 e. The van der Waals surface area contributed by atoms with Gasteiger partial charge in [0, 0.05) is 25.2 Å². The van der Waals surface area contributed by atoms with E-state index in [9.17, 15) is 8.42 Å². The van der Waals surface area contributed by atoms with E-state index >= 15 is 0 Å². The van der Waals surface area contributed by atoms with Crippen LogP contribution in [0.3, 0.4) is 0 Å². The van der Waals surface area contributed by atoms with Crippen molar-refractivity contribution in [3.63, 3.8) is 0 Å². The van der Waals surface area contributed by atoms with Gasteiger partial charge in [0.05, 0.1) is 5.25 Å². The molecule has 2 fully saturated rings. The lowest BCUT2D eigenvalue weighted by atomic mass is 10.2. The maximum atomic E-state index is 12.4. The number of hydrogen-bond donors (Lipinski definition) is 1. The zero-order chi connectivity index (χ0) is 12.5. The highest BCUT2D eigenvalue weighted by Crippen LogP contribution is 2.26. The van der Waals surface area contributed by atoms with Crippen molar-refractivity contribution in [1.29, 1.82) is 0 Å². The minimum Gasteiger partial charge on any atom is -0.313 e. The molecule has 1 saturated heterocycles. The van der Waals surface area contributed by atoms with E-state index in [1.54, 1.807) is 4.31 Å². The Morgan fingerprint density at radius 2 is 2.06 bits per heavy atom. The van der Waals surface area contributed by atoms with Crippen LogP contribution in [0.2, 0.25) is 0 Å². The van der Waals surface area contributed by atoms with Crippen molar-refractivity contribution >= 4 is 10.0 Å². The number of nitrogens with zero attached hydrogens (tertiary/aromatic N) is 1. The summed E-state index contributed by atoms with van der Waals surface area (Å²) < 4.78 is 26.6. The third kappa shape index (κ3) is 3.01. The fourth-order valence-electron chi connectivity index (χ4n) is 2.51. The van der Waals surface area contributed by atoms with E-state index in [-0.39, 0.29) is 11.3 Å². The van der Waals surface area contributed by atoms with Crippen LogP contribution in [0.5, 0.6) is 0 Å². The fourth-order valence-corrected chi connectivity index (χ4v) is 4.33. The monoisotopic (exact) mass is 260 g/mol. The minimum absolute atomic E-state index is 0.239. The van der Waals surface area contributed by atoms with Crippen molar-refractivity contribution in [1.82, 2.24) is 9.62 Å². The highest BCUT2D eigenvalue weighted by atomic mass is 32.2. The molecule has 0 bridgehead atoms. The van der Waals surface area contributed by atoms with Crippen molar-refractivity contribution in [3.05, 3.63) is 0 Å². The molecule has 2 unspecified atom stereocenters. The van der Waals surface area contributed by atoms with E-state index in [4.69, 9.17) is 0 Å². The Bertz CT molecular complexity index is 352. The summed E-state index contributed by atoms with van der Waals surface area (Å²) in [5.41, 5.74) is 0. The molecule has 0 aromatic heterocycles. The fraction of sp³-hybridized carbons (Fsp3) is 1.00.